The standard InChI is InChI=1S/C19H16Cl2N2OS/c1-4-7-23-17-12(3)8-11(2)9-16(17)25-19(23)22-18(24)14-10-13(20)5-6-15(14)21/h4-6,8-10H,1,7H2,2-3H3. The van der Waals surface area contributed by atoms with Gasteiger partial charge in [-0.05, 0) is 49.2 Å². The van der Waals surface area contributed by atoms with Crippen LogP contribution in [-0.4, -0.2) is 10.5 Å². The summed E-state index contributed by atoms with van der Waals surface area (Å²) in [7, 11) is 0. The summed E-state index contributed by atoms with van der Waals surface area (Å²) in [5.41, 5.74) is 3.68. The second kappa shape index (κ2) is 7.16. The van der Waals surface area contributed by atoms with Crippen molar-refractivity contribution in [2.24, 2.45) is 4.99 Å². The average molecular weight is 391 g/mol. The van der Waals surface area contributed by atoms with Crippen molar-refractivity contribution in [2.45, 2.75) is 20.4 Å². The normalized spacial score (nSPS) is 11.9. The van der Waals surface area contributed by atoms with Crippen LogP contribution in [0.5, 0.6) is 0 Å². The Hall–Kier alpha value is -1.88. The molecule has 128 valence electrons. The first-order valence-corrected chi connectivity index (χ1v) is 9.23. The van der Waals surface area contributed by atoms with E-state index in [2.05, 4.69) is 37.6 Å². The van der Waals surface area contributed by atoms with Crippen LogP contribution < -0.4 is 4.80 Å². The lowest BCUT2D eigenvalue weighted by molar-refractivity contribution is 0.0998. The van der Waals surface area contributed by atoms with Crippen molar-refractivity contribution < 1.29 is 4.79 Å². The second-order valence-electron chi connectivity index (χ2n) is 5.75. The van der Waals surface area contributed by atoms with Crippen LogP contribution in [0, 0.1) is 13.8 Å². The molecule has 1 heterocycles. The van der Waals surface area contributed by atoms with Gasteiger partial charge in [0.15, 0.2) is 4.80 Å². The number of carbonyl (C=O) groups is 1. The summed E-state index contributed by atoms with van der Waals surface area (Å²) < 4.78 is 3.08. The van der Waals surface area contributed by atoms with Gasteiger partial charge in [0.25, 0.3) is 5.91 Å². The SMILES string of the molecule is C=CCn1c(=NC(=O)c2cc(Cl)ccc2Cl)sc2cc(C)cc(C)c21. The van der Waals surface area contributed by atoms with Crippen LogP contribution in [0.4, 0.5) is 0 Å². The number of halogens is 2. The second-order valence-corrected chi connectivity index (χ2v) is 7.61. The predicted molar refractivity (Wildman–Crippen MR) is 106 cm³/mol. The Morgan fingerprint density at radius 3 is 2.76 bits per heavy atom. The highest BCUT2D eigenvalue weighted by molar-refractivity contribution is 7.16. The van der Waals surface area contributed by atoms with Crippen LogP contribution in [0.1, 0.15) is 21.5 Å². The van der Waals surface area contributed by atoms with Gasteiger partial charge in [-0.2, -0.15) is 4.99 Å². The highest BCUT2D eigenvalue weighted by Gasteiger charge is 2.13. The molecule has 1 amide bonds. The van der Waals surface area contributed by atoms with Crippen molar-refractivity contribution in [3.05, 3.63) is 74.5 Å². The molecule has 0 atom stereocenters. The number of allylic oxidation sites excluding steroid dienone is 1. The maximum atomic E-state index is 12.6. The molecule has 0 unspecified atom stereocenters. The van der Waals surface area contributed by atoms with Crippen molar-refractivity contribution >= 4 is 50.7 Å². The van der Waals surface area contributed by atoms with Gasteiger partial charge in [0.1, 0.15) is 0 Å². The van der Waals surface area contributed by atoms with E-state index in [1.54, 1.807) is 18.2 Å². The molecule has 0 N–H and O–H groups in total. The van der Waals surface area contributed by atoms with Gasteiger partial charge in [-0.3, -0.25) is 4.79 Å². The number of amides is 1. The number of thiazole rings is 1. The first kappa shape index (κ1) is 17.9. The maximum absolute atomic E-state index is 12.6. The van der Waals surface area contributed by atoms with Crippen molar-refractivity contribution in [2.75, 3.05) is 0 Å². The van der Waals surface area contributed by atoms with Crippen LogP contribution in [0.2, 0.25) is 10.0 Å². The molecule has 0 radical (unpaired) electrons. The highest BCUT2D eigenvalue weighted by Crippen LogP contribution is 2.24. The summed E-state index contributed by atoms with van der Waals surface area (Å²) in [6.45, 7) is 8.49. The van der Waals surface area contributed by atoms with E-state index in [0.717, 1.165) is 15.8 Å². The Morgan fingerprint density at radius 2 is 2.04 bits per heavy atom. The minimum Gasteiger partial charge on any atom is -0.312 e. The molecule has 0 aliphatic heterocycles. The first-order chi connectivity index (χ1) is 11.9. The monoisotopic (exact) mass is 390 g/mol. The van der Waals surface area contributed by atoms with Crippen molar-refractivity contribution in [1.29, 1.82) is 0 Å². The molecule has 0 spiro atoms. The van der Waals surface area contributed by atoms with E-state index in [-0.39, 0.29) is 0 Å². The van der Waals surface area contributed by atoms with E-state index in [1.807, 2.05) is 4.57 Å². The van der Waals surface area contributed by atoms with Crippen LogP contribution >= 0.6 is 34.5 Å². The molecule has 0 saturated carbocycles. The molecule has 0 aliphatic carbocycles. The zero-order valence-corrected chi connectivity index (χ0v) is 16.2. The number of rotatable bonds is 3. The summed E-state index contributed by atoms with van der Waals surface area (Å²) in [6.07, 6.45) is 1.79. The van der Waals surface area contributed by atoms with Crippen molar-refractivity contribution in [3.63, 3.8) is 0 Å². The Kier molecular flexibility index (Phi) is 5.13. The van der Waals surface area contributed by atoms with Gasteiger partial charge in [0, 0.05) is 11.6 Å². The Balaban J connectivity index is 2.23. The smallest absolute Gasteiger partial charge is 0.281 e. The summed E-state index contributed by atoms with van der Waals surface area (Å²) in [5.74, 6) is -0.411. The van der Waals surface area contributed by atoms with E-state index < -0.39 is 5.91 Å². The fourth-order valence-corrected chi connectivity index (χ4v) is 4.37. The third-order valence-corrected chi connectivity index (χ3v) is 5.37. The molecule has 3 nitrogen and oxygen atoms in total. The molecule has 3 rings (SSSR count). The van der Waals surface area contributed by atoms with Gasteiger partial charge in [-0.1, -0.05) is 46.7 Å². The number of nitrogens with zero attached hydrogens (tertiary/aromatic N) is 2. The highest BCUT2D eigenvalue weighted by atomic mass is 35.5. The molecule has 1 aromatic heterocycles. The number of fused-ring (bicyclic) bond motifs is 1. The molecular formula is C19H16Cl2N2OS. The molecule has 6 heteroatoms. The third kappa shape index (κ3) is 3.56. The largest absolute Gasteiger partial charge is 0.312 e. The summed E-state index contributed by atoms with van der Waals surface area (Å²) in [5, 5.41) is 0.784. The van der Waals surface area contributed by atoms with Crippen molar-refractivity contribution in [1.82, 2.24) is 4.57 Å². The first-order valence-electron chi connectivity index (χ1n) is 7.66. The number of benzene rings is 2. The van der Waals surface area contributed by atoms with Gasteiger partial charge in [0.2, 0.25) is 0 Å². The minimum atomic E-state index is -0.411. The van der Waals surface area contributed by atoms with Gasteiger partial charge >= 0.3 is 0 Å². The average Bonchev–Trinajstić information content (AvgIpc) is 2.87. The summed E-state index contributed by atoms with van der Waals surface area (Å²) in [4.78, 5) is 17.6. The lowest BCUT2D eigenvalue weighted by atomic mass is 10.1. The lowest BCUT2D eigenvalue weighted by Crippen LogP contribution is -2.16. The quantitative estimate of drug-likeness (QED) is 0.539. The van der Waals surface area contributed by atoms with Gasteiger partial charge < -0.3 is 4.57 Å². The molecule has 0 bridgehead atoms. The summed E-state index contributed by atoms with van der Waals surface area (Å²) >= 11 is 13.6. The number of hydrogen-bond donors (Lipinski definition) is 0. The molecule has 25 heavy (non-hydrogen) atoms. The van der Waals surface area contributed by atoms with Gasteiger partial charge in [-0.25, -0.2) is 0 Å². The topological polar surface area (TPSA) is 34.4 Å². The Morgan fingerprint density at radius 1 is 1.28 bits per heavy atom. The zero-order chi connectivity index (χ0) is 18.1. The van der Waals surface area contributed by atoms with E-state index >= 15 is 0 Å². The van der Waals surface area contributed by atoms with Crippen LogP contribution in [0.15, 0.2) is 48.0 Å². The minimum absolute atomic E-state index is 0.296. The Labute approximate surface area is 159 Å². The molecule has 2 aromatic carbocycles. The number of aromatic nitrogens is 1. The molecule has 3 aromatic rings. The zero-order valence-electron chi connectivity index (χ0n) is 13.8. The lowest BCUT2D eigenvalue weighted by Gasteiger charge is -2.05. The summed E-state index contributed by atoms with van der Waals surface area (Å²) in [6, 6.07) is 9.00. The van der Waals surface area contributed by atoms with Gasteiger partial charge in [-0.15, -0.1) is 6.58 Å². The third-order valence-electron chi connectivity index (χ3n) is 3.78. The van der Waals surface area contributed by atoms with E-state index in [0.29, 0.717) is 27.0 Å². The number of hydrogen-bond acceptors (Lipinski definition) is 2. The van der Waals surface area contributed by atoms with Gasteiger partial charge in [0.05, 0.1) is 20.8 Å². The number of aryl methyl sites for hydroxylation is 2. The van der Waals surface area contributed by atoms with E-state index in [1.165, 1.54) is 23.0 Å². The molecule has 0 fully saturated rings. The number of carbonyl (C=O) groups excluding carboxylic acids is 1. The molecular weight excluding hydrogens is 375 g/mol. The van der Waals surface area contributed by atoms with Crippen LogP contribution in [0.3, 0.4) is 0 Å². The van der Waals surface area contributed by atoms with Crippen molar-refractivity contribution in [3.8, 4) is 0 Å². The van der Waals surface area contributed by atoms with Crippen LogP contribution in [-0.2, 0) is 6.54 Å². The molecule has 0 saturated heterocycles. The maximum Gasteiger partial charge on any atom is 0.281 e. The Bertz CT molecular complexity index is 1060. The van der Waals surface area contributed by atoms with E-state index in [4.69, 9.17) is 23.2 Å². The fourth-order valence-electron chi connectivity index (χ4n) is 2.78. The van der Waals surface area contributed by atoms with E-state index in [9.17, 15) is 4.79 Å². The van der Waals surface area contributed by atoms with Crippen LogP contribution in [0.25, 0.3) is 10.2 Å². The predicted octanol–water partition coefficient (Wildman–Crippen LogP) is 5.55. The fraction of sp³-hybridized carbons (Fsp3) is 0.158. The molecule has 0 aliphatic rings.